The molecule has 123 valence electrons. The molecule has 4 heteroatoms. The molecule has 0 bridgehead atoms. The molecule has 0 saturated heterocycles. The van der Waals surface area contributed by atoms with E-state index in [-0.39, 0.29) is 20.1 Å². The molecule has 2 aromatic heterocycles. The van der Waals surface area contributed by atoms with Crippen LogP contribution in [0.5, 0.6) is 0 Å². The van der Waals surface area contributed by atoms with Crippen molar-refractivity contribution < 1.29 is 24.5 Å². The zero-order valence-electron chi connectivity index (χ0n) is 13.9. The Kier molecular flexibility index (Phi) is 4.47. The Labute approximate surface area is 156 Å². The minimum Gasteiger partial charge on any atom is -0.457 e. The van der Waals surface area contributed by atoms with Crippen LogP contribution in [0.1, 0.15) is 0 Å². The van der Waals surface area contributed by atoms with Crippen LogP contribution < -0.4 is 5.19 Å². The van der Waals surface area contributed by atoms with Crippen molar-refractivity contribution in [3.05, 3.63) is 60.8 Å². The van der Waals surface area contributed by atoms with Crippen molar-refractivity contribution in [3.8, 4) is 11.3 Å². The first-order chi connectivity index (χ1) is 11.0. The molecule has 1 radical (unpaired) electrons. The van der Waals surface area contributed by atoms with Gasteiger partial charge in [0.2, 0.25) is 0 Å². The Bertz CT molecular complexity index is 1020. The van der Waals surface area contributed by atoms with Crippen LogP contribution in [0.4, 0.5) is 0 Å². The van der Waals surface area contributed by atoms with Gasteiger partial charge in [0.05, 0.1) is 8.07 Å². The minimum absolute atomic E-state index is 0. The standard InChI is InChI=1S/C20H18NOSi.Ir/c1-23(2,3)15-8-6-7-14(11-15)18-12-20-17(13-21-18)16-9-4-5-10-19(16)22-20;/h4-10,12-13H,1-3H3;/q-1;. The summed E-state index contributed by atoms with van der Waals surface area (Å²) in [6, 6.07) is 20.0. The molecule has 0 aliphatic carbocycles. The Balaban J connectivity index is 0.00000169. The van der Waals surface area contributed by atoms with E-state index in [4.69, 9.17) is 4.42 Å². The van der Waals surface area contributed by atoms with Gasteiger partial charge in [-0.2, -0.15) is 0 Å². The Morgan fingerprint density at radius 2 is 1.71 bits per heavy atom. The zero-order chi connectivity index (χ0) is 16.0. The van der Waals surface area contributed by atoms with Crippen LogP contribution in [0.2, 0.25) is 19.6 Å². The van der Waals surface area contributed by atoms with E-state index < -0.39 is 8.07 Å². The molecule has 0 saturated carbocycles. The monoisotopic (exact) mass is 509 g/mol. The molecular weight excluding hydrogens is 491 g/mol. The van der Waals surface area contributed by atoms with Crippen LogP contribution >= 0.6 is 0 Å². The molecule has 2 nitrogen and oxygen atoms in total. The van der Waals surface area contributed by atoms with Crippen molar-refractivity contribution in [3.63, 3.8) is 0 Å². The molecule has 0 aliphatic heterocycles. The molecule has 4 aromatic rings. The fourth-order valence-electron chi connectivity index (χ4n) is 2.82. The zero-order valence-corrected chi connectivity index (χ0v) is 17.3. The van der Waals surface area contributed by atoms with Gasteiger partial charge in [-0.3, -0.25) is 0 Å². The summed E-state index contributed by atoms with van der Waals surface area (Å²) in [6.07, 6.45) is 1.91. The maximum atomic E-state index is 5.97. The van der Waals surface area contributed by atoms with Crippen molar-refractivity contribution in [2.45, 2.75) is 19.6 Å². The quantitative estimate of drug-likeness (QED) is 0.282. The largest absolute Gasteiger partial charge is 0.457 e. The summed E-state index contributed by atoms with van der Waals surface area (Å²) < 4.78 is 5.97. The van der Waals surface area contributed by atoms with Gasteiger partial charge >= 0.3 is 0 Å². The van der Waals surface area contributed by atoms with Gasteiger partial charge in [0.1, 0.15) is 11.2 Å². The number of pyridine rings is 1. The van der Waals surface area contributed by atoms with E-state index in [9.17, 15) is 0 Å². The molecule has 0 N–H and O–H groups in total. The van der Waals surface area contributed by atoms with E-state index in [0.717, 1.165) is 33.2 Å². The average molecular weight is 509 g/mol. The summed E-state index contributed by atoms with van der Waals surface area (Å²) in [6.45, 7) is 7.00. The second-order valence-electron chi connectivity index (χ2n) is 6.89. The SMILES string of the molecule is C[Si](C)(C)c1[c-]c(-c2cc3oc4ccccc4c3cn2)ccc1.[Ir]. The fourth-order valence-corrected chi connectivity index (χ4v) is 3.93. The summed E-state index contributed by atoms with van der Waals surface area (Å²) in [4.78, 5) is 4.65. The molecule has 0 amide bonds. The van der Waals surface area contributed by atoms with Crippen LogP contribution in [-0.2, 0) is 20.1 Å². The van der Waals surface area contributed by atoms with Gasteiger partial charge in [-0.15, -0.1) is 35.0 Å². The number of rotatable bonds is 2. The van der Waals surface area contributed by atoms with Gasteiger partial charge in [-0.25, -0.2) is 0 Å². The first kappa shape index (κ1) is 17.1. The van der Waals surface area contributed by atoms with Gasteiger partial charge in [0.15, 0.2) is 0 Å². The molecule has 0 fully saturated rings. The third kappa shape index (κ3) is 2.97. The fraction of sp³-hybridized carbons (Fsp3) is 0.150. The van der Waals surface area contributed by atoms with E-state index in [1.165, 1.54) is 5.19 Å². The molecule has 4 rings (SSSR count). The number of benzene rings is 2. The summed E-state index contributed by atoms with van der Waals surface area (Å²) in [7, 11) is -1.38. The molecule has 0 spiro atoms. The minimum atomic E-state index is -1.38. The van der Waals surface area contributed by atoms with Crippen LogP contribution in [0.3, 0.4) is 0 Å². The van der Waals surface area contributed by atoms with Gasteiger partial charge in [-0.1, -0.05) is 37.8 Å². The number of aromatic nitrogens is 1. The van der Waals surface area contributed by atoms with Crippen LogP contribution in [0.25, 0.3) is 33.2 Å². The average Bonchev–Trinajstić information content (AvgIpc) is 2.92. The van der Waals surface area contributed by atoms with Gasteiger partial charge in [-0.05, 0) is 17.8 Å². The van der Waals surface area contributed by atoms with Crippen LogP contribution in [0.15, 0.2) is 59.1 Å². The van der Waals surface area contributed by atoms with Crippen molar-refractivity contribution in [1.82, 2.24) is 4.98 Å². The second-order valence-corrected chi connectivity index (χ2v) is 11.9. The van der Waals surface area contributed by atoms with Crippen LogP contribution in [-0.4, -0.2) is 13.1 Å². The van der Waals surface area contributed by atoms with Crippen molar-refractivity contribution in [1.29, 1.82) is 0 Å². The van der Waals surface area contributed by atoms with E-state index in [0.29, 0.717) is 0 Å². The number of nitrogens with zero attached hydrogens (tertiary/aromatic N) is 1. The predicted molar refractivity (Wildman–Crippen MR) is 98.8 cm³/mol. The first-order valence-electron chi connectivity index (χ1n) is 7.83. The summed E-state index contributed by atoms with van der Waals surface area (Å²) in [5.74, 6) is 0. The van der Waals surface area contributed by atoms with E-state index in [2.05, 4.69) is 55.0 Å². The number of hydrogen-bond donors (Lipinski definition) is 0. The molecule has 24 heavy (non-hydrogen) atoms. The van der Waals surface area contributed by atoms with E-state index in [1.54, 1.807) is 0 Å². The molecule has 0 aliphatic rings. The molecule has 0 atom stereocenters. The van der Waals surface area contributed by atoms with Crippen molar-refractivity contribution in [2.75, 3.05) is 0 Å². The van der Waals surface area contributed by atoms with E-state index >= 15 is 0 Å². The maximum Gasteiger partial charge on any atom is 0.135 e. The van der Waals surface area contributed by atoms with Gasteiger partial charge < -0.3 is 9.40 Å². The Morgan fingerprint density at radius 3 is 2.50 bits per heavy atom. The molecular formula is C20H18IrNOSi-. The number of para-hydroxylation sites is 1. The topological polar surface area (TPSA) is 26.0 Å². The van der Waals surface area contributed by atoms with E-state index in [1.807, 2.05) is 30.5 Å². The predicted octanol–water partition coefficient (Wildman–Crippen LogP) is 4.99. The Hall–Kier alpha value is -1.74. The summed E-state index contributed by atoms with van der Waals surface area (Å²) in [5.41, 5.74) is 3.73. The Morgan fingerprint density at radius 1 is 0.917 bits per heavy atom. The molecule has 2 aromatic carbocycles. The molecule has 0 unspecified atom stereocenters. The smallest absolute Gasteiger partial charge is 0.135 e. The summed E-state index contributed by atoms with van der Waals surface area (Å²) in [5, 5.41) is 3.49. The van der Waals surface area contributed by atoms with Gasteiger partial charge in [0.25, 0.3) is 0 Å². The normalized spacial score (nSPS) is 11.6. The number of fused-ring (bicyclic) bond motifs is 3. The third-order valence-electron chi connectivity index (χ3n) is 4.14. The van der Waals surface area contributed by atoms with Crippen molar-refractivity contribution in [2.24, 2.45) is 0 Å². The van der Waals surface area contributed by atoms with Gasteiger partial charge in [0, 0.05) is 37.1 Å². The molecule has 2 heterocycles. The number of hydrogen-bond acceptors (Lipinski definition) is 2. The van der Waals surface area contributed by atoms with Crippen LogP contribution in [0, 0.1) is 6.07 Å². The maximum absolute atomic E-state index is 5.97. The third-order valence-corrected chi connectivity index (χ3v) is 6.05. The summed E-state index contributed by atoms with van der Waals surface area (Å²) >= 11 is 0. The first-order valence-corrected chi connectivity index (χ1v) is 11.3. The van der Waals surface area contributed by atoms with Crippen molar-refractivity contribution >= 4 is 35.2 Å². The number of furan rings is 1. The second kappa shape index (κ2) is 6.28.